The van der Waals surface area contributed by atoms with Crippen molar-refractivity contribution in [2.24, 2.45) is 0 Å². The summed E-state index contributed by atoms with van der Waals surface area (Å²) < 4.78 is 7.65. The van der Waals surface area contributed by atoms with Gasteiger partial charge in [0, 0.05) is 17.8 Å². The molecule has 5 rings (SSSR count). The minimum absolute atomic E-state index is 0.0969. The van der Waals surface area contributed by atoms with Gasteiger partial charge in [-0.05, 0) is 62.4 Å². The molecule has 0 amide bonds. The van der Waals surface area contributed by atoms with E-state index in [0.717, 1.165) is 42.1 Å². The van der Waals surface area contributed by atoms with Gasteiger partial charge in [0.05, 0.1) is 37.8 Å². The maximum absolute atomic E-state index is 9.77. The minimum atomic E-state index is 0.0969. The Morgan fingerprint density at radius 1 is 1.16 bits per heavy atom. The number of aromatic nitrogens is 4. The summed E-state index contributed by atoms with van der Waals surface area (Å²) in [6.07, 6.45) is 5.76. The first-order chi connectivity index (χ1) is 15.0. The highest BCUT2D eigenvalue weighted by molar-refractivity contribution is 5.58. The first-order valence-electron chi connectivity index (χ1n) is 10.8. The third kappa shape index (κ3) is 3.66. The number of ether oxygens (including phenoxy) is 1. The van der Waals surface area contributed by atoms with E-state index in [1.807, 2.05) is 10.8 Å². The third-order valence-electron chi connectivity index (χ3n) is 6.45. The zero-order chi connectivity index (χ0) is 21.5. The molecule has 1 fully saturated rings. The molecule has 1 saturated heterocycles. The predicted octanol–water partition coefficient (Wildman–Crippen LogP) is 3.32. The molecule has 1 atom stereocenters. The van der Waals surface area contributed by atoms with E-state index in [1.54, 1.807) is 6.33 Å². The summed E-state index contributed by atoms with van der Waals surface area (Å²) in [4.78, 5) is 16.2. The Labute approximate surface area is 181 Å². The molecule has 1 aromatic carbocycles. The van der Waals surface area contributed by atoms with Gasteiger partial charge in [-0.1, -0.05) is 0 Å². The van der Waals surface area contributed by atoms with Crippen LogP contribution < -0.4 is 10.2 Å². The average molecular weight is 421 g/mol. The second-order valence-corrected chi connectivity index (χ2v) is 8.46. The van der Waals surface area contributed by atoms with Gasteiger partial charge in [-0.2, -0.15) is 4.98 Å². The highest BCUT2D eigenvalue weighted by atomic mass is 16.5. The van der Waals surface area contributed by atoms with Crippen LogP contribution >= 0.6 is 0 Å². The Morgan fingerprint density at radius 2 is 1.97 bits per heavy atom. The summed E-state index contributed by atoms with van der Waals surface area (Å²) in [5.74, 6) is 2.05. The maximum atomic E-state index is 9.77. The lowest BCUT2D eigenvalue weighted by Crippen LogP contribution is -2.33. The zero-order valence-electron chi connectivity index (χ0n) is 18.2. The van der Waals surface area contributed by atoms with Crippen LogP contribution in [0.2, 0.25) is 0 Å². The molecule has 4 heterocycles. The number of fused-ring (bicyclic) bond motifs is 1. The van der Waals surface area contributed by atoms with E-state index in [9.17, 15) is 5.11 Å². The number of anilines is 3. The predicted molar refractivity (Wildman–Crippen MR) is 119 cm³/mol. The Morgan fingerprint density at radius 3 is 2.74 bits per heavy atom. The highest BCUT2D eigenvalue weighted by Crippen LogP contribution is 2.33. The van der Waals surface area contributed by atoms with E-state index in [-0.39, 0.29) is 12.6 Å². The van der Waals surface area contributed by atoms with Crippen molar-refractivity contribution < 1.29 is 9.84 Å². The molecule has 2 N–H and O–H groups in total. The molecule has 8 nitrogen and oxygen atoms in total. The SMILES string of the molecule is Cc1cc(-n2cnc(Nc3nc4c(c(N5CCC[C@@H]5CO)n3)COC4)c2)cc(C)c1C. The number of aliphatic hydroxyl groups excluding tert-OH is 1. The monoisotopic (exact) mass is 420 g/mol. The van der Waals surface area contributed by atoms with Gasteiger partial charge in [0.1, 0.15) is 12.1 Å². The highest BCUT2D eigenvalue weighted by Gasteiger charge is 2.30. The summed E-state index contributed by atoms with van der Waals surface area (Å²) in [5.41, 5.74) is 6.84. The molecule has 3 aromatic rings. The van der Waals surface area contributed by atoms with Crippen LogP contribution in [0.4, 0.5) is 17.6 Å². The first kappa shape index (κ1) is 20.0. The van der Waals surface area contributed by atoms with E-state index >= 15 is 0 Å². The number of hydrogen-bond donors (Lipinski definition) is 2. The molecule has 162 valence electrons. The van der Waals surface area contributed by atoms with Gasteiger partial charge >= 0.3 is 0 Å². The van der Waals surface area contributed by atoms with Crippen molar-refractivity contribution in [1.29, 1.82) is 0 Å². The van der Waals surface area contributed by atoms with E-state index < -0.39 is 0 Å². The number of aryl methyl sites for hydroxylation is 2. The fraction of sp³-hybridized carbons (Fsp3) is 0.435. The van der Waals surface area contributed by atoms with Gasteiger partial charge in [0.25, 0.3) is 0 Å². The number of benzene rings is 1. The average Bonchev–Trinajstić information content (AvgIpc) is 3.51. The lowest BCUT2D eigenvalue weighted by atomic mass is 10.0. The zero-order valence-corrected chi connectivity index (χ0v) is 18.2. The lowest BCUT2D eigenvalue weighted by molar-refractivity contribution is 0.133. The third-order valence-corrected chi connectivity index (χ3v) is 6.45. The topological polar surface area (TPSA) is 88.3 Å². The van der Waals surface area contributed by atoms with Crippen molar-refractivity contribution in [3.05, 3.63) is 52.6 Å². The molecule has 0 unspecified atom stereocenters. The molecule has 31 heavy (non-hydrogen) atoms. The minimum Gasteiger partial charge on any atom is -0.394 e. The second-order valence-electron chi connectivity index (χ2n) is 8.46. The number of aliphatic hydroxyl groups is 1. The van der Waals surface area contributed by atoms with Crippen LogP contribution in [0.25, 0.3) is 5.69 Å². The van der Waals surface area contributed by atoms with Crippen LogP contribution in [0.3, 0.4) is 0 Å². The van der Waals surface area contributed by atoms with Crippen LogP contribution in [-0.2, 0) is 18.0 Å². The standard InChI is InChI=1S/C23H28N6O2/c1-14-7-18(8-15(2)16(14)3)28-9-21(24-13-28)26-23-25-20-12-31-11-19(20)22(27-23)29-6-4-5-17(29)10-30/h7-9,13,17,30H,4-6,10-12H2,1-3H3,(H,25,26,27)/t17-/m1/s1. The molecule has 0 radical (unpaired) electrons. The second kappa shape index (κ2) is 7.94. The normalized spacial score (nSPS) is 17.9. The van der Waals surface area contributed by atoms with Crippen molar-refractivity contribution in [1.82, 2.24) is 19.5 Å². The van der Waals surface area contributed by atoms with Gasteiger partial charge in [-0.25, -0.2) is 9.97 Å². The van der Waals surface area contributed by atoms with E-state index in [1.165, 1.54) is 16.7 Å². The van der Waals surface area contributed by atoms with Crippen molar-refractivity contribution >= 4 is 17.6 Å². The summed E-state index contributed by atoms with van der Waals surface area (Å²) >= 11 is 0. The van der Waals surface area contributed by atoms with E-state index in [4.69, 9.17) is 9.72 Å². The molecule has 8 heteroatoms. The largest absolute Gasteiger partial charge is 0.394 e. The summed E-state index contributed by atoms with van der Waals surface area (Å²) in [7, 11) is 0. The Hall–Kier alpha value is -2.97. The molecule has 0 bridgehead atoms. The number of nitrogens with zero attached hydrogens (tertiary/aromatic N) is 5. The summed E-state index contributed by atoms with van der Waals surface area (Å²) in [6, 6.07) is 4.43. The van der Waals surface area contributed by atoms with Gasteiger partial charge in [0.15, 0.2) is 5.82 Å². The summed E-state index contributed by atoms with van der Waals surface area (Å²) in [6.45, 7) is 8.40. The fourth-order valence-electron chi connectivity index (χ4n) is 4.44. The number of imidazole rings is 1. The molecule has 0 spiro atoms. The van der Waals surface area contributed by atoms with Crippen LogP contribution in [0, 0.1) is 20.8 Å². The number of hydrogen-bond acceptors (Lipinski definition) is 7. The summed E-state index contributed by atoms with van der Waals surface area (Å²) in [5, 5.41) is 13.0. The van der Waals surface area contributed by atoms with Crippen LogP contribution in [0.5, 0.6) is 0 Å². The Bertz CT molecular complexity index is 1100. The number of nitrogens with one attached hydrogen (secondary N) is 1. The fourth-order valence-corrected chi connectivity index (χ4v) is 4.44. The van der Waals surface area contributed by atoms with Gasteiger partial charge in [-0.15, -0.1) is 0 Å². The van der Waals surface area contributed by atoms with Crippen molar-refractivity contribution in [3.63, 3.8) is 0 Å². The van der Waals surface area contributed by atoms with Crippen molar-refractivity contribution in [2.45, 2.75) is 52.9 Å². The van der Waals surface area contributed by atoms with Gasteiger partial charge in [0.2, 0.25) is 5.95 Å². The Kier molecular flexibility index (Phi) is 5.11. The van der Waals surface area contributed by atoms with Gasteiger partial charge < -0.3 is 24.6 Å². The van der Waals surface area contributed by atoms with Crippen LogP contribution in [-0.4, -0.2) is 43.8 Å². The molecular weight excluding hydrogens is 392 g/mol. The van der Waals surface area contributed by atoms with E-state index in [0.29, 0.717) is 25.0 Å². The molecule has 0 aliphatic carbocycles. The molecular formula is C23H28N6O2. The molecule has 2 aliphatic heterocycles. The van der Waals surface area contributed by atoms with Crippen LogP contribution in [0.1, 0.15) is 40.8 Å². The maximum Gasteiger partial charge on any atom is 0.230 e. The molecule has 0 saturated carbocycles. The Balaban J connectivity index is 1.44. The van der Waals surface area contributed by atoms with E-state index in [2.05, 4.69) is 53.1 Å². The van der Waals surface area contributed by atoms with Crippen molar-refractivity contribution in [2.75, 3.05) is 23.4 Å². The van der Waals surface area contributed by atoms with Crippen molar-refractivity contribution in [3.8, 4) is 5.69 Å². The number of rotatable bonds is 5. The molecule has 2 aliphatic rings. The lowest BCUT2D eigenvalue weighted by Gasteiger charge is -2.26. The van der Waals surface area contributed by atoms with Crippen LogP contribution in [0.15, 0.2) is 24.7 Å². The smallest absolute Gasteiger partial charge is 0.230 e. The molecule has 2 aromatic heterocycles. The quantitative estimate of drug-likeness (QED) is 0.655. The van der Waals surface area contributed by atoms with Gasteiger partial charge in [-0.3, -0.25) is 0 Å². The first-order valence-corrected chi connectivity index (χ1v) is 10.8.